The normalized spacial score (nSPS) is 15.8. The Hall–Kier alpha value is -1.17. The molecule has 116 valence electrons. The van der Waals surface area contributed by atoms with Crippen molar-refractivity contribution in [2.24, 2.45) is 11.7 Å². The van der Waals surface area contributed by atoms with Crippen LogP contribution in [0, 0.1) is 5.92 Å². The van der Waals surface area contributed by atoms with Gasteiger partial charge in [0, 0.05) is 26.2 Å². The molecular weight excluding hydrogens is 286 g/mol. The van der Waals surface area contributed by atoms with Crippen LogP contribution in [0.5, 0.6) is 5.75 Å². The van der Waals surface area contributed by atoms with E-state index < -0.39 is 0 Å². The van der Waals surface area contributed by atoms with Gasteiger partial charge in [-0.3, -0.25) is 0 Å². The predicted octanol–water partition coefficient (Wildman–Crippen LogP) is 2.34. The highest BCUT2D eigenvalue weighted by Crippen LogP contribution is 2.15. The van der Waals surface area contributed by atoms with Crippen molar-refractivity contribution in [3.8, 4) is 5.75 Å². The van der Waals surface area contributed by atoms with Crippen molar-refractivity contribution in [3.05, 3.63) is 29.8 Å². The summed E-state index contributed by atoms with van der Waals surface area (Å²) in [5.74, 6) is 1.48. The van der Waals surface area contributed by atoms with Crippen molar-refractivity contribution in [2.75, 3.05) is 33.0 Å². The zero-order valence-electron chi connectivity index (χ0n) is 12.3. The summed E-state index contributed by atoms with van der Waals surface area (Å²) in [6.07, 6.45) is 2.83. The van der Waals surface area contributed by atoms with Crippen LogP contribution < -0.4 is 10.5 Å². The Labute approximate surface area is 131 Å². The van der Waals surface area contributed by atoms with Crippen LogP contribution in [0.1, 0.15) is 18.4 Å². The molecule has 2 rings (SSSR count). The summed E-state index contributed by atoms with van der Waals surface area (Å²) >= 11 is 4.89. The molecule has 1 aliphatic heterocycles. The van der Waals surface area contributed by atoms with E-state index in [1.165, 1.54) is 0 Å². The van der Waals surface area contributed by atoms with Crippen molar-refractivity contribution in [1.82, 2.24) is 0 Å². The van der Waals surface area contributed by atoms with E-state index in [2.05, 4.69) is 0 Å². The molecule has 0 saturated carbocycles. The molecule has 0 bridgehead atoms. The molecule has 5 heteroatoms. The molecular formula is C16H23NO3S. The van der Waals surface area contributed by atoms with E-state index in [1.54, 1.807) is 0 Å². The molecule has 1 aromatic carbocycles. The van der Waals surface area contributed by atoms with Crippen molar-refractivity contribution in [1.29, 1.82) is 0 Å². The van der Waals surface area contributed by atoms with E-state index in [4.69, 9.17) is 32.2 Å². The second-order valence-electron chi connectivity index (χ2n) is 5.27. The molecule has 2 N–H and O–H groups in total. The summed E-state index contributed by atoms with van der Waals surface area (Å²) in [5, 5.41) is 0. The highest BCUT2D eigenvalue weighted by molar-refractivity contribution is 7.80. The molecule has 0 unspecified atom stereocenters. The first-order chi connectivity index (χ1) is 10.2. The molecule has 0 aromatic heterocycles. The van der Waals surface area contributed by atoms with E-state index in [1.807, 2.05) is 24.3 Å². The monoisotopic (exact) mass is 309 g/mol. The highest BCUT2D eigenvalue weighted by Gasteiger charge is 2.13. The highest BCUT2D eigenvalue weighted by atomic mass is 32.1. The average molecular weight is 309 g/mol. The summed E-state index contributed by atoms with van der Waals surface area (Å²) in [7, 11) is 0. The summed E-state index contributed by atoms with van der Waals surface area (Å²) in [6.45, 7) is 3.72. The molecule has 1 aromatic rings. The zero-order chi connectivity index (χ0) is 14.9. The van der Waals surface area contributed by atoms with Gasteiger partial charge in [-0.2, -0.15) is 0 Å². The SMILES string of the molecule is NC(=S)Cc1ccc(OCCOCC2CCOCC2)cc1. The molecule has 4 nitrogen and oxygen atoms in total. The van der Waals surface area contributed by atoms with Crippen molar-refractivity contribution < 1.29 is 14.2 Å². The largest absolute Gasteiger partial charge is 0.491 e. The van der Waals surface area contributed by atoms with Crippen LogP contribution in [-0.4, -0.2) is 38.0 Å². The second kappa shape index (κ2) is 8.97. The fourth-order valence-electron chi connectivity index (χ4n) is 2.29. The number of ether oxygens (including phenoxy) is 3. The van der Waals surface area contributed by atoms with Gasteiger partial charge in [0.2, 0.25) is 0 Å². The number of thiocarbonyl (C=S) groups is 1. The van der Waals surface area contributed by atoms with Gasteiger partial charge in [-0.1, -0.05) is 24.4 Å². The van der Waals surface area contributed by atoms with Gasteiger partial charge in [-0.05, 0) is 36.5 Å². The van der Waals surface area contributed by atoms with Gasteiger partial charge in [0.1, 0.15) is 12.4 Å². The predicted molar refractivity (Wildman–Crippen MR) is 86.8 cm³/mol. The maximum absolute atomic E-state index is 5.66. The lowest BCUT2D eigenvalue weighted by Crippen LogP contribution is -2.21. The fourth-order valence-corrected chi connectivity index (χ4v) is 2.45. The Bertz CT molecular complexity index is 430. The Morgan fingerprint density at radius 1 is 1.19 bits per heavy atom. The molecule has 1 aliphatic rings. The molecule has 0 atom stereocenters. The molecule has 0 aliphatic carbocycles. The number of rotatable bonds is 8. The third-order valence-corrected chi connectivity index (χ3v) is 3.64. The van der Waals surface area contributed by atoms with Crippen molar-refractivity contribution in [2.45, 2.75) is 19.3 Å². The van der Waals surface area contributed by atoms with Crippen LogP contribution in [0.4, 0.5) is 0 Å². The Morgan fingerprint density at radius 3 is 2.57 bits per heavy atom. The maximum Gasteiger partial charge on any atom is 0.119 e. The minimum absolute atomic E-state index is 0.505. The molecule has 0 radical (unpaired) electrons. The van der Waals surface area contributed by atoms with Gasteiger partial charge in [0.15, 0.2) is 0 Å². The lowest BCUT2D eigenvalue weighted by molar-refractivity contribution is 0.0139. The number of hydrogen-bond donors (Lipinski definition) is 1. The van der Waals surface area contributed by atoms with E-state index in [-0.39, 0.29) is 0 Å². The van der Waals surface area contributed by atoms with Crippen LogP contribution in [0.3, 0.4) is 0 Å². The van der Waals surface area contributed by atoms with Gasteiger partial charge in [0.05, 0.1) is 11.6 Å². The smallest absolute Gasteiger partial charge is 0.119 e. The minimum Gasteiger partial charge on any atom is -0.491 e. The van der Waals surface area contributed by atoms with Gasteiger partial charge >= 0.3 is 0 Å². The van der Waals surface area contributed by atoms with Crippen LogP contribution in [0.15, 0.2) is 24.3 Å². The average Bonchev–Trinajstić information content (AvgIpc) is 2.49. The Kier molecular flexibility index (Phi) is 6.92. The summed E-state index contributed by atoms with van der Waals surface area (Å²) in [4.78, 5) is 0.505. The quantitative estimate of drug-likeness (QED) is 0.590. The Morgan fingerprint density at radius 2 is 1.90 bits per heavy atom. The minimum atomic E-state index is 0.505. The van der Waals surface area contributed by atoms with Gasteiger partial charge < -0.3 is 19.9 Å². The molecule has 21 heavy (non-hydrogen) atoms. The van der Waals surface area contributed by atoms with Crippen LogP contribution in [0.2, 0.25) is 0 Å². The molecule has 0 spiro atoms. The molecule has 0 amide bonds. The van der Waals surface area contributed by atoms with Crippen molar-refractivity contribution in [3.63, 3.8) is 0 Å². The zero-order valence-corrected chi connectivity index (χ0v) is 13.1. The van der Waals surface area contributed by atoms with Gasteiger partial charge in [-0.25, -0.2) is 0 Å². The fraction of sp³-hybridized carbons (Fsp3) is 0.562. The van der Waals surface area contributed by atoms with E-state index in [0.717, 1.165) is 44.0 Å². The third-order valence-electron chi connectivity index (χ3n) is 3.49. The van der Waals surface area contributed by atoms with E-state index >= 15 is 0 Å². The lowest BCUT2D eigenvalue weighted by atomic mass is 10.0. The molecule has 1 saturated heterocycles. The van der Waals surface area contributed by atoms with Crippen LogP contribution >= 0.6 is 12.2 Å². The molecule has 1 fully saturated rings. The number of nitrogens with two attached hydrogens (primary N) is 1. The summed E-state index contributed by atoms with van der Waals surface area (Å²) in [6, 6.07) is 7.84. The number of hydrogen-bond acceptors (Lipinski definition) is 4. The van der Waals surface area contributed by atoms with Crippen molar-refractivity contribution >= 4 is 17.2 Å². The standard InChI is InChI=1S/C16H23NO3S/c17-16(21)11-13-1-3-15(4-2-13)20-10-9-19-12-14-5-7-18-8-6-14/h1-4,14H,5-12H2,(H2,17,21). The topological polar surface area (TPSA) is 53.7 Å². The Balaban J connectivity index is 1.58. The summed E-state index contributed by atoms with van der Waals surface area (Å²) in [5.41, 5.74) is 6.62. The van der Waals surface area contributed by atoms with Gasteiger partial charge in [-0.15, -0.1) is 0 Å². The maximum atomic E-state index is 5.66. The lowest BCUT2D eigenvalue weighted by Gasteiger charge is -2.21. The second-order valence-corrected chi connectivity index (χ2v) is 5.79. The first kappa shape index (κ1) is 16.2. The third kappa shape index (κ3) is 6.42. The van der Waals surface area contributed by atoms with E-state index in [9.17, 15) is 0 Å². The van der Waals surface area contributed by atoms with E-state index in [0.29, 0.717) is 30.5 Å². The van der Waals surface area contributed by atoms with Gasteiger partial charge in [0.25, 0.3) is 0 Å². The van der Waals surface area contributed by atoms with Crippen LogP contribution in [-0.2, 0) is 15.9 Å². The molecule has 1 heterocycles. The van der Waals surface area contributed by atoms with Crippen LogP contribution in [0.25, 0.3) is 0 Å². The summed E-state index contributed by atoms with van der Waals surface area (Å²) < 4.78 is 16.6. The number of benzene rings is 1. The first-order valence-electron chi connectivity index (χ1n) is 7.39. The first-order valence-corrected chi connectivity index (χ1v) is 7.80.